The first-order valence-corrected chi connectivity index (χ1v) is 9.32. The van der Waals surface area contributed by atoms with Gasteiger partial charge in [-0.25, -0.2) is 9.37 Å². The number of aliphatic carboxylic acids is 1. The number of rotatable bonds is 7. The van der Waals surface area contributed by atoms with Gasteiger partial charge in [0.05, 0.1) is 24.9 Å². The fourth-order valence-electron chi connectivity index (χ4n) is 3.01. The molecule has 1 N–H and O–H groups in total. The van der Waals surface area contributed by atoms with Crippen molar-refractivity contribution in [2.24, 2.45) is 0 Å². The van der Waals surface area contributed by atoms with Crippen molar-refractivity contribution in [2.75, 3.05) is 39.8 Å². The summed E-state index contributed by atoms with van der Waals surface area (Å²) < 4.78 is 18.8. The van der Waals surface area contributed by atoms with Crippen LogP contribution in [0.1, 0.15) is 5.69 Å². The van der Waals surface area contributed by atoms with E-state index in [9.17, 15) is 9.18 Å². The number of carboxylic acid groups (broad SMARTS) is 1. The first kappa shape index (κ1) is 18.9. The Bertz CT molecular complexity index is 738. The topological polar surface area (TPSA) is 65.9 Å². The lowest BCUT2D eigenvalue weighted by Gasteiger charge is -2.34. The minimum atomic E-state index is -0.837. The Hall–Kier alpha value is -1.87. The Morgan fingerprint density at radius 2 is 2.23 bits per heavy atom. The number of hydrogen-bond donors (Lipinski definition) is 1. The number of morpholine rings is 1. The summed E-state index contributed by atoms with van der Waals surface area (Å²) in [7, 11) is 1.78. The molecule has 2 heterocycles. The van der Waals surface area contributed by atoms with E-state index in [4.69, 9.17) is 9.84 Å². The van der Waals surface area contributed by atoms with Crippen LogP contribution in [0.2, 0.25) is 0 Å². The Labute approximate surface area is 155 Å². The molecule has 8 heteroatoms. The van der Waals surface area contributed by atoms with Crippen LogP contribution in [0.5, 0.6) is 0 Å². The molecule has 1 aliphatic heterocycles. The van der Waals surface area contributed by atoms with Crippen molar-refractivity contribution in [3.05, 3.63) is 41.2 Å². The summed E-state index contributed by atoms with van der Waals surface area (Å²) in [5, 5.41) is 11.8. The van der Waals surface area contributed by atoms with Gasteiger partial charge >= 0.3 is 5.97 Å². The second kappa shape index (κ2) is 8.68. The van der Waals surface area contributed by atoms with E-state index in [0.29, 0.717) is 13.2 Å². The first-order chi connectivity index (χ1) is 12.5. The maximum absolute atomic E-state index is 13.0. The van der Waals surface area contributed by atoms with E-state index in [1.165, 1.54) is 12.1 Å². The number of nitrogens with zero attached hydrogens (tertiary/aromatic N) is 3. The number of likely N-dealkylation sites (N-methyl/N-ethyl adjacent to an activating group) is 1. The zero-order chi connectivity index (χ0) is 18.5. The molecule has 2 aromatic rings. The van der Waals surface area contributed by atoms with Crippen LogP contribution in [0.3, 0.4) is 0 Å². The van der Waals surface area contributed by atoms with Crippen molar-refractivity contribution in [3.8, 4) is 10.6 Å². The maximum atomic E-state index is 13.0. The SMILES string of the molecule is CN(CC(=O)O)CC1CN(Cc2csc(-c3ccc(F)cc3)n2)CCO1. The third-order valence-electron chi connectivity index (χ3n) is 4.17. The molecule has 0 spiro atoms. The summed E-state index contributed by atoms with van der Waals surface area (Å²) in [4.78, 5) is 19.5. The van der Waals surface area contributed by atoms with Crippen molar-refractivity contribution >= 4 is 17.3 Å². The van der Waals surface area contributed by atoms with Crippen LogP contribution in [0.15, 0.2) is 29.6 Å². The van der Waals surface area contributed by atoms with Gasteiger partial charge in [0.2, 0.25) is 0 Å². The predicted octanol–water partition coefficient (Wildman–Crippen LogP) is 2.17. The number of ether oxygens (including phenoxy) is 1. The Morgan fingerprint density at radius 1 is 1.46 bits per heavy atom. The Kier molecular flexibility index (Phi) is 6.31. The summed E-state index contributed by atoms with van der Waals surface area (Å²) in [6.45, 7) is 3.50. The largest absolute Gasteiger partial charge is 0.480 e. The first-order valence-electron chi connectivity index (χ1n) is 8.44. The number of aromatic nitrogens is 1. The third kappa shape index (κ3) is 5.31. The molecule has 1 aliphatic rings. The van der Waals surface area contributed by atoms with Gasteiger partial charge < -0.3 is 9.84 Å². The van der Waals surface area contributed by atoms with Crippen molar-refractivity contribution in [1.82, 2.24) is 14.8 Å². The quantitative estimate of drug-likeness (QED) is 0.795. The molecule has 26 heavy (non-hydrogen) atoms. The van der Waals surface area contributed by atoms with E-state index in [2.05, 4.69) is 9.88 Å². The summed E-state index contributed by atoms with van der Waals surface area (Å²) in [5.74, 6) is -1.09. The van der Waals surface area contributed by atoms with Crippen molar-refractivity contribution < 1.29 is 19.0 Å². The molecule has 0 saturated carbocycles. The number of halogens is 1. The highest BCUT2D eigenvalue weighted by molar-refractivity contribution is 7.13. The summed E-state index contributed by atoms with van der Waals surface area (Å²) in [6, 6.07) is 6.36. The normalized spacial score (nSPS) is 18.3. The van der Waals surface area contributed by atoms with Crippen LogP contribution < -0.4 is 0 Å². The van der Waals surface area contributed by atoms with E-state index in [1.807, 2.05) is 5.38 Å². The molecule has 0 aliphatic carbocycles. The zero-order valence-corrected chi connectivity index (χ0v) is 15.4. The molecule has 1 unspecified atom stereocenters. The van der Waals surface area contributed by atoms with Gasteiger partial charge in [-0.2, -0.15) is 0 Å². The Morgan fingerprint density at radius 3 is 2.96 bits per heavy atom. The molecule has 0 radical (unpaired) electrons. The monoisotopic (exact) mass is 379 g/mol. The molecule has 1 fully saturated rings. The van der Waals surface area contributed by atoms with E-state index < -0.39 is 5.97 Å². The van der Waals surface area contributed by atoms with Gasteiger partial charge in [-0.05, 0) is 31.3 Å². The van der Waals surface area contributed by atoms with Gasteiger partial charge in [0, 0.05) is 37.1 Å². The van der Waals surface area contributed by atoms with Crippen molar-refractivity contribution in [3.63, 3.8) is 0 Å². The van der Waals surface area contributed by atoms with E-state index in [-0.39, 0.29) is 18.5 Å². The number of benzene rings is 1. The van der Waals surface area contributed by atoms with Gasteiger partial charge in [0.1, 0.15) is 10.8 Å². The van der Waals surface area contributed by atoms with Crippen LogP contribution in [-0.2, 0) is 16.1 Å². The average Bonchev–Trinajstić information content (AvgIpc) is 3.03. The van der Waals surface area contributed by atoms with Crippen LogP contribution in [0, 0.1) is 5.82 Å². The third-order valence-corrected chi connectivity index (χ3v) is 5.11. The lowest BCUT2D eigenvalue weighted by atomic mass is 10.2. The second-order valence-electron chi connectivity index (χ2n) is 6.47. The minimum absolute atomic E-state index is 0.00692. The van der Waals surface area contributed by atoms with Gasteiger partial charge in [0.25, 0.3) is 0 Å². The van der Waals surface area contributed by atoms with E-state index >= 15 is 0 Å². The molecule has 1 aromatic heterocycles. The van der Waals surface area contributed by atoms with Crippen LogP contribution in [0.4, 0.5) is 4.39 Å². The highest BCUT2D eigenvalue weighted by Gasteiger charge is 2.23. The molecule has 3 rings (SSSR count). The standard InChI is InChI=1S/C18H22FN3O3S/c1-21(11-17(23)24)9-16-10-22(6-7-25-16)8-15-12-26-18(20-15)13-2-4-14(19)5-3-13/h2-5,12,16H,6-11H2,1H3,(H,23,24). The van der Waals surface area contributed by atoms with Crippen LogP contribution in [-0.4, -0.2) is 71.8 Å². The minimum Gasteiger partial charge on any atom is -0.480 e. The van der Waals surface area contributed by atoms with Gasteiger partial charge in [-0.3, -0.25) is 14.6 Å². The fraction of sp³-hybridized carbons (Fsp3) is 0.444. The summed E-state index contributed by atoms with van der Waals surface area (Å²) in [6.07, 6.45) is -0.0108. The van der Waals surface area contributed by atoms with Crippen LogP contribution in [0.25, 0.3) is 10.6 Å². The number of carboxylic acids is 1. The lowest BCUT2D eigenvalue weighted by molar-refractivity contribution is -0.138. The Balaban J connectivity index is 1.55. The van der Waals surface area contributed by atoms with Crippen molar-refractivity contribution in [2.45, 2.75) is 12.6 Å². The number of carbonyl (C=O) groups is 1. The van der Waals surface area contributed by atoms with Crippen molar-refractivity contribution in [1.29, 1.82) is 0 Å². The molecular formula is C18H22FN3O3S. The number of hydrogen-bond acceptors (Lipinski definition) is 6. The second-order valence-corrected chi connectivity index (χ2v) is 7.33. The van der Waals surface area contributed by atoms with Gasteiger partial charge in [0.15, 0.2) is 0 Å². The highest BCUT2D eigenvalue weighted by Crippen LogP contribution is 2.24. The fourth-order valence-corrected chi connectivity index (χ4v) is 3.83. The summed E-state index contributed by atoms with van der Waals surface area (Å²) >= 11 is 1.55. The number of thiazole rings is 1. The smallest absolute Gasteiger partial charge is 0.317 e. The maximum Gasteiger partial charge on any atom is 0.317 e. The van der Waals surface area contributed by atoms with Gasteiger partial charge in [-0.15, -0.1) is 11.3 Å². The molecule has 0 amide bonds. The lowest BCUT2D eigenvalue weighted by Crippen LogP contribution is -2.47. The van der Waals surface area contributed by atoms with E-state index in [1.54, 1.807) is 35.4 Å². The molecule has 1 saturated heterocycles. The molecule has 0 bridgehead atoms. The molecule has 1 atom stereocenters. The molecule has 6 nitrogen and oxygen atoms in total. The van der Waals surface area contributed by atoms with Gasteiger partial charge in [-0.1, -0.05) is 0 Å². The molecular weight excluding hydrogens is 357 g/mol. The van der Waals surface area contributed by atoms with Crippen LogP contribution >= 0.6 is 11.3 Å². The zero-order valence-electron chi connectivity index (χ0n) is 14.6. The van der Waals surface area contributed by atoms with E-state index in [0.717, 1.165) is 35.9 Å². The molecule has 1 aromatic carbocycles. The highest BCUT2D eigenvalue weighted by atomic mass is 32.1. The summed E-state index contributed by atoms with van der Waals surface area (Å²) in [5.41, 5.74) is 1.90. The average molecular weight is 379 g/mol. The predicted molar refractivity (Wildman–Crippen MR) is 97.7 cm³/mol. The molecule has 140 valence electrons.